The van der Waals surface area contributed by atoms with Crippen molar-refractivity contribution in [1.82, 2.24) is 19.4 Å². The molecule has 0 bridgehead atoms. The Bertz CT molecular complexity index is 542. The van der Waals surface area contributed by atoms with Gasteiger partial charge in [0.2, 0.25) is 0 Å². The third kappa shape index (κ3) is 2.25. The smallest absolute Gasteiger partial charge is 0.254 e. The normalized spacial score (nSPS) is 10.4. The lowest BCUT2D eigenvalue weighted by molar-refractivity contribution is 0.0827. The molecule has 2 heterocycles. The second-order valence-electron chi connectivity index (χ2n) is 4.17. The van der Waals surface area contributed by atoms with Crippen LogP contribution in [0.4, 0.5) is 0 Å². The van der Waals surface area contributed by atoms with Crippen LogP contribution in [0, 0.1) is 0 Å². The molecule has 0 aliphatic carbocycles. The van der Waals surface area contributed by atoms with E-state index < -0.39 is 0 Å². The van der Waals surface area contributed by atoms with E-state index in [2.05, 4.69) is 9.97 Å². The van der Waals surface area contributed by atoms with Crippen LogP contribution in [0.25, 0.3) is 5.82 Å². The zero-order chi connectivity index (χ0) is 13.1. The Kier molecular flexibility index (Phi) is 3.41. The van der Waals surface area contributed by atoms with Crippen LogP contribution >= 0.6 is 0 Å². The summed E-state index contributed by atoms with van der Waals surface area (Å²) in [6, 6.07) is 3.61. The maximum Gasteiger partial charge on any atom is 0.254 e. The molecular formula is C13H16N4O. The average molecular weight is 244 g/mol. The topological polar surface area (TPSA) is 51.0 Å². The first-order valence-corrected chi connectivity index (χ1v) is 5.83. The number of aryl methyl sites for hydroxylation is 1. The summed E-state index contributed by atoms with van der Waals surface area (Å²) in [7, 11) is 3.45. The minimum absolute atomic E-state index is 0.0459. The maximum absolute atomic E-state index is 11.7. The molecule has 0 aliphatic heterocycles. The molecule has 0 fully saturated rings. The van der Waals surface area contributed by atoms with Crippen molar-refractivity contribution in [3.8, 4) is 5.82 Å². The highest BCUT2D eigenvalue weighted by Gasteiger charge is 2.09. The molecule has 0 aliphatic rings. The Morgan fingerprint density at radius 2 is 2.11 bits per heavy atom. The molecule has 0 saturated carbocycles. The number of aromatic nitrogens is 3. The number of nitrogens with zero attached hydrogens (tertiary/aromatic N) is 4. The van der Waals surface area contributed by atoms with E-state index in [1.54, 1.807) is 32.6 Å². The molecule has 0 N–H and O–H groups in total. The average Bonchev–Trinajstić information content (AvgIpc) is 2.86. The molecule has 1 amide bonds. The first-order chi connectivity index (χ1) is 8.63. The van der Waals surface area contributed by atoms with Crippen molar-refractivity contribution in [2.24, 2.45) is 0 Å². The fraction of sp³-hybridized carbons (Fsp3) is 0.308. The van der Waals surface area contributed by atoms with E-state index in [0.29, 0.717) is 5.56 Å². The van der Waals surface area contributed by atoms with E-state index in [0.717, 1.165) is 18.1 Å². The van der Waals surface area contributed by atoms with Gasteiger partial charge in [-0.3, -0.25) is 9.36 Å². The van der Waals surface area contributed by atoms with E-state index in [-0.39, 0.29) is 5.91 Å². The first-order valence-electron chi connectivity index (χ1n) is 5.83. The Hall–Kier alpha value is -2.17. The fourth-order valence-electron chi connectivity index (χ4n) is 1.72. The van der Waals surface area contributed by atoms with Crippen LogP contribution in [0.1, 0.15) is 23.1 Å². The Balaban J connectivity index is 2.31. The number of amides is 1. The van der Waals surface area contributed by atoms with Crippen molar-refractivity contribution in [2.75, 3.05) is 14.1 Å². The highest BCUT2D eigenvalue weighted by molar-refractivity contribution is 5.93. The van der Waals surface area contributed by atoms with Gasteiger partial charge in [-0.15, -0.1) is 0 Å². The lowest BCUT2D eigenvalue weighted by Crippen LogP contribution is -2.21. The lowest BCUT2D eigenvalue weighted by atomic mass is 10.2. The summed E-state index contributed by atoms with van der Waals surface area (Å²) in [5.74, 6) is 1.68. The molecule has 0 aromatic carbocycles. The Morgan fingerprint density at radius 1 is 1.33 bits per heavy atom. The number of hydrogen-bond donors (Lipinski definition) is 0. The van der Waals surface area contributed by atoms with Crippen molar-refractivity contribution < 1.29 is 4.79 Å². The summed E-state index contributed by atoms with van der Waals surface area (Å²) in [5.41, 5.74) is 0.585. The van der Waals surface area contributed by atoms with Crippen molar-refractivity contribution in [1.29, 1.82) is 0 Å². The van der Waals surface area contributed by atoms with Gasteiger partial charge < -0.3 is 4.90 Å². The standard InChI is InChI=1S/C13H16N4O/c1-4-11-14-7-8-17(11)12-6-5-10(9-15-12)13(18)16(2)3/h5-9H,4H2,1-3H3. The van der Waals surface area contributed by atoms with Gasteiger partial charge in [-0.2, -0.15) is 0 Å². The first kappa shape index (κ1) is 12.3. The molecule has 5 nitrogen and oxygen atoms in total. The van der Waals surface area contributed by atoms with Crippen LogP contribution in [0.15, 0.2) is 30.7 Å². The van der Waals surface area contributed by atoms with E-state index >= 15 is 0 Å². The Labute approximate surface area is 106 Å². The monoisotopic (exact) mass is 244 g/mol. The van der Waals surface area contributed by atoms with Crippen LogP contribution in [0.2, 0.25) is 0 Å². The minimum Gasteiger partial charge on any atom is -0.345 e. The van der Waals surface area contributed by atoms with Gasteiger partial charge in [-0.25, -0.2) is 9.97 Å². The van der Waals surface area contributed by atoms with E-state index in [9.17, 15) is 4.79 Å². The molecular weight excluding hydrogens is 228 g/mol. The zero-order valence-corrected chi connectivity index (χ0v) is 10.8. The van der Waals surface area contributed by atoms with E-state index in [1.807, 2.05) is 23.8 Å². The number of pyridine rings is 1. The molecule has 2 rings (SSSR count). The molecule has 0 saturated heterocycles. The Morgan fingerprint density at radius 3 is 2.67 bits per heavy atom. The van der Waals surface area contributed by atoms with Crippen molar-refractivity contribution in [3.63, 3.8) is 0 Å². The number of rotatable bonds is 3. The number of carbonyl (C=O) groups is 1. The molecule has 0 unspecified atom stereocenters. The summed E-state index contributed by atoms with van der Waals surface area (Å²) >= 11 is 0. The third-order valence-electron chi connectivity index (χ3n) is 2.68. The molecule has 18 heavy (non-hydrogen) atoms. The van der Waals surface area contributed by atoms with Crippen LogP contribution in [-0.2, 0) is 6.42 Å². The van der Waals surface area contributed by atoms with E-state index in [1.165, 1.54) is 4.90 Å². The summed E-state index contributed by atoms with van der Waals surface area (Å²) in [6.07, 6.45) is 6.05. The molecule has 0 spiro atoms. The molecule has 2 aromatic heterocycles. The van der Waals surface area contributed by atoms with Crippen LogP contribution in [0.3, 0.4) is 0 Å². The third-order valence-corrected chi connectivity index (χ3v) is 2.68. The van der Waals surface area contributed by atoms with Gasteiger partial charge in [-0.1, -0.05) is 6.92 Å². The highest BCUT2D eigenvalue weighted by atomic mass is 16.2. The molecule has 2 aromatic rings. The highest BCUT2D eigenvalue weighted by Crippen LogP contribution is 2.10. The number of hydrogen-bond acceptors (Lipinski definition) is 3. The maximum atomic E-state index is 11.7. The van der Waals surface area contributed by atoms with Gasteiger partial charge >= 0.3 is 0 Å². The second kappa shape index (κ2) is 5.00. The molecule has 0 atom stereocenters. The van der Waals surface area contributed by atoms with Gasteiger partial charge in [0, 0.05) is 39.1 Å². The molecule has 94 valence electrons. The number of carbonyl (C=O) groups excluding carboxylic acids is 1. The van der Waals surface area contributed by atoms with Crippen molar-refractivity contribution in [3.05, 3.63) is 42.1 Å². The van der Waals surface area contributed by atoms with Gasteiger partial charge in [0.05, 0.1) is 5.56 Å². The number of imidazole rings is 1. The van der Waals surface area contributed by atoms with Gasteiger partial charge in [0.15, 0.2) is 0 Å². The van der Waals surface area contributed by atoms with Crippen LogP contribution in [0.5, 0.6) is 0 Å². The summed E-state index contributed by atoms with van der Waals surface area (Å²) in [4.78, 5) is 21.8. The second-order valence-corrected chi connectivity index (χ2v) is 4.17. The summed E-state index contributed by atoms with van der Waals surface area (Å²) in [6.45, 7) is 2.04. The minimum atomic E-state index is -0.0459. The van der Waals surface area contributed by atoms with Gasteiger partial charge in [0.1, 0.15) is 11.6 Å². The molecule has 5 heteroatoms. The molecule has 0 radical (unpaired) electrons. The van der Waals surface area contributed by atoms with Crippen LogP contribution in [-0.4, -0.2) is 39.4 Å². The van der Waals surface area contributed by atoms with Crippen molar-refractivity contribution >= 4 is 5.91 Å². The largest absolute Gasteiger partial charge is 0.345 e. The predicted octanol–water partition coefficient (Wildman–Crippen LogP) is 1.53. The van der Waals surface area contributed by atoms with Crippen molar-refractivity contribution in [2.45, 2.75) is 13.3 Å². The zero-order valence-electron chi connectivity index (χ0n) is 10.8. The summed E-state index contributed by atoms with van der Waals surface area (Å²) < 4.78 is 1.92. The SMILES string of the molecule is CCc1nccn1-c1ccc(C(=O)N(C)C)cn1. The predicted molar refractivity (Wildman–Crippen MR) is 68.8 cm³/mol. The summed E-state index contributed by atoms with van der Waals surface area (Å²) in [5, 5.41) is 0. The lowest BCUT2D eigenvalue weighted by Gasteiger charge is -2.10. The quantitative estimate of drug-likeness (QED) is 0.822. The van der Waals surface area contributed by atoms with Crippen LogP contribution < -0.4 is 0 Å². The van der Waals surface area contributed by atoms with Gasteiger partial charge in [-0.05, 0) is 12.1 Å². The fourth-order valence-corrected chi connectivity index (χ4v) is 1.72. The van der Waals surface area contributed by atoms with Gasteiger partial charge in [0.25, 0.3) is 5.91 Å². The van der Waals surface area contributed by atoms with E-state index in [4.69, 9.17) is 0 Å².